The van der Waals surface area contributed by atoms with Gasteiger partial charge in [-0.05, 0) is 37.6 Å². The van der Waals surface area contributed by atoms with Crippen molar-refractivity contribution in [1.82, 2.24) is 4.98 Å². The van der Waals surface area contributed by atoms with Gasteiger partial charge in [-0.2, -0.15) is 0 Å². The third-order valence-electron chi connectivity index (χ3n) is 3.42. The van der Waals surface area contributed by atoms with Crippen molar-refractivity contribution in [2.24, 2.45) is 0 Å². The summed E-state index contributed by atoms with van der Waals surface area (Å²) in [5.74, 6) is 0.957. The predicted octanol–water partition coefficient (Wildman–Crippen LogP) is 4.32. The lowest BCUT2D eigenvalue weighted by Gasteiger charge is -2.24. The number of benzene rings is 1. The van der Waals surface area contributed by atoms with Gasteiger partial charge in [0.05, 0.1) is 12.2 Å². The highest BCUT2D eigenvalue weighted by molar-refractivity contribution is 5.46. The van der Waals surface area contributed by atoms with Crippen LogP contribution in [0.15, 0.2) is 48.5 Å². The van der Waals surface area contributed by atoms with Crippen molar-refractivity contribution in [3.63, 3.8) is 0 Å². The van der Waals surface area contributed by atoms with E-state index < -0.39 is 0 Å². The van der Waals surface area contributed by atoms with E-state index in [1.54, 1.807) is 0 Å². The van der Waals surface area contributed by atoms with Crippen molar-refractivity contribution in [3.8, 4) is 0 Å². The summed E-state index contributed by atoms with van der Waals surface area (Å²) < 4.78 is 0. The lowest BCUT2D eigenvalue weighted by atomic mass is 10.2. The number of para-hydroxylation sites is 1. The minimum Gasteiger partial charge on any atom is -0.370 e. The molecule has 21 heavy (non-hydrogen) atoms. The van der Waals surface area contributed by atoms with Crippen molar-refractivity contribution in [3.05, 3.63) is 54.2 Å². The van der Waals surface area contributed by atoms with E-state index in [1.165, 1.54) is 18.5 Å². The Bertz CT molecular complexity index is 525. The molecule has 1 heterocycles. The van der Waals surface area contributed by atoms with Crippen molar-refractivity contribution < 1.29 is 0 Å². The van der Waals surface area contributed by atoms with Crippen LogP contribution in [0.2, 0.25) is 0 Å². The zero-order valence-electron chi connectivity index (χ0n) is 13.0. The fourth-order valence-electron chi connectivity index (χ4n) is 2.33. The average molecular weight is 283 g/mol. The SMILES string of the molecule is CCCCN(Cc1cccc(NCC)n1)c1ccccc1. The van der Waals surface area contributed by atoms with Crippen LogP contribution in [-0.2, 0) is 6.54 Å². The Labute approximate surface area is 128 Å². The normalized spacial score (nSPS) is 10.4. The van der Waals surface area contributed by atoms with Gasteiger partial charge >= 0.3 is 0 Å². The maximum absolute atomic E-state index is 4.68. The molecule has 2 rings (SSSR count). The molecule has 0 bridgehead atoms. The molecule has 0 aliphatic carbocycles. The molecule has 0 atom stereocenters. The van der Waals surface area contributed by atoms with Crippen LogP contribution in [0.4, 0.5) is 11.5 Å². The number of aromatic nitrogens is 1. The molecular formula is C18H25N3. The van der Waals surface area contributed by atoms with Crippen LogP contribution in [0.3, 0.4) is 0 Å². The van der Waals surface area contributed by atoms with Gasteiger partial charge in [-0.15, -0.1) is 0 Å². The monoisotopic (exact) mass is 283 g/mol. The van der Waals surface area contributed by atoms with Crippen LogP contribution in [-0.4, -0.2) is 18.1 Å². The summed E-state index contributed by atoms with van der Waals surface area (Å²) in [5.41, 5.74) is 2.37. The second kappa shape index (κ2) is 8.30. The van der Waals surface area contributed by atoms with E-state index in [-0.39, 0.29) is 0 Å². The van der Waals surface area contributed by atoms with Gasteiger partial charge in [0.2, 0.25) is 0 Å². The smallest absolute Gasteiger partial charge is 0.126 e. The summed E-state index contributed by atoms with van der Waals surface area (Å²) in [6.45, 7) is 7.13. The van der Waals surface area contributed by atoms with E-state index in [0.717, 1.165) is 31.1 Å². The van der Waals surface area contributed by atoms with Crippen LogP contribution in [0.1, 0.15) is 32.4 Å². The Morgan fingerprint density at radius 2 is 1.81 bits per heavy atom. The van der Waals surface area contributed by atoms with Crippen LogP contribution in [0.25, 0.3) is 0 Å². The molecule has 0 saturated carbocycles. The number of nitrogens with one attached hydrogen (secondary N) is 1. The Morgan fingerprint density at radius 1 is 1.00 bits per heavy atom. The van der Waals surface area contributed by atoms with E-state index in [4.69, 9.17) is 0 Å². The van der Waals surface area contributed by atoms with Crippen LogP contribution >= 0.6 is 0 Å². The third kappa shape index (κ3) is 4.78. The Balaban J connectivity index is 2.12. The first-order chi connectivity index (χ1) is 10.3. The summed E-state index contributed by atoms with van der Waals surface area (Å²) in [7, 11) is 0. The van der Waals surface area contributed by atoms with Crippen LogP contribution < -0.4 is 10.2 Å². The largest absolute Gasteiger partial charge is 0.370 e. The van der Waals surface area contributed by atoms with Crippen molar-refractivity contribution >= 4 is 11.5 Å². The van der Waals surface area contributed by atoms with Crippen molar-refractivity contribution in [2.75, 3.05) is 23.3 Å². The Hall–Kier alpha value is -2.03. The number of hydrogen-bond donors (Lipinski definition) is 1. The van der Waals surface area contributed by atoms with Crippen molar-refractivity contribution in [2.45, 2.75) is 33.2 Å². The van der Waals surface area contributed by atoms with Crippen LogP contribution in [0, 0.1) is 0 Å². The van der Waals surface area contributed by atoms with E-state index >= 15 is 0 Å². The number of nitrogens with zero attached hydrogens (tertiary/aromatic N) is 2. The fraction of sp³-hybridized carbons (Fsp3) is 0.389. The van der Waals surface area contributed by atoms with E-state index in [1.807, 2.05) is 6.07 Å². The summed E-state index contributed by atoms with van der Waals surface area (Å²) in [5, 5.41) is 3.27. The molecule has 0 unspecified atom stereocenters. The highest BCUT2D eigenvalue weighted by Crippen LogP contribution is 2.17. The number of hydrogen-bond acceptors (Lipinski definition) is 3. The van der Waals surface area contributed by atoms with Gasteiger partial charge in [0.1, 0.15) is 5.82 Å². The standard InChI is InChI=1S/C18H25N3/c1-3-5-14-21(17-11-7-6-8-12-17)15-16-10-9-13-18(20-16)19-4-2/h6-13H,3-5,14-15H2,1-2H3,(H,19,20). The molecule has 1 N–H and O–H groups in total. The Kier molecular flexibility index (Phi) is 6.07. The average Bonchev–Trinajstić information content (AvgIpc) is 2.53. The maximum Gasteiger partial charge on any atom is 0.126 e. The summed E-state index contributed by atoms with van der Waals surface area (Å²) in [6, 6.07) is 16.8. The van der Waals surface area contributed by atoms with E-state index in [2.05, 4.69) is 71.5 Å². The van der Waals surface area contributed by atoms with Gasteiger partial charge in [-0.25, -0.2) is 4.98 Å². The molecule has 3 heteroatoms. The molecule has 1 aromatic heterocycles. The number of unbranched alkanes of at least 4 members (excludes halogenated alkanes) is 1. The molecule has 0 saturated heterocycles. The molecular weight excluding hydrogens is 258 g/mol. The van der Waals surface area contributed by atoms with Gasteiger partial charge in [0.25, 0.3) is 0 Å². The minimum absolute atomic E-state index is 0.850. The third-order valence-corrected chi connectivity index (χ3v) is 3.42. The van der Waals surface area contributed by atoms with Crippen molar-refractivity contribution in [1.29, 1.82) is 0 Å². The minimum atomic E-state index is 0.850. The number of rotatable bonds is 8. The van der Waals surface area contributed by atoms with Gasteiger partial charge in [-0.3, -0.25) is 0 Å². The first-order valence-corrected chi connectivity index (χ1v) is 7.83. The van der Waals surface area contributed by atoms with Crippen LogP contribution in [0.5, 0.6) is 0 Å². The quantitative estimate of drug-likeness (QED) is 0.782. The topological polar surface area (TPSA) is 28.2 Å². The molecule has 0 aliphatic rings. The van der Waals surface area contributed by atoms with E-state index in [9.17, 15) is 0 Å². The Morgan fingerprint density at radius 3 is 2.52 bits per heavy atom. The molecule has 0 spiro atoms. The molecule has 0 amide bonds. The lowest BCUT2D eigenvalue weighted by molar-refractivity contribution is 0.708. The molecule has 1 aromatic carbocycles. The molecule has 3 nitrogen and oxygen atoms in total. The molecule has 0 aliphatic heterocycles. The zero-order chi connectivity index (χ0) is 14.9. The predicted molar refractivity (Wildman–Crippen MR) is 90.8 cm³/mol. The second-order valence-electron chi connectivity index (χ2n) is 5.16. The number of pyridine rings is 1. The van der Waals surface area contributed by atoms with Gasteiger partial charge in [0, 0.05) is 18.8 Å². The van der Waals surface area contributed by atoms with Gasteiger partial charge in [-0.1, -0.05) is 37.6 Å². The van der Waals surface area contributed by atoms with E-state index in [0.29, 0.717) is 0 Å². The first kappa shape index (κ1) is 15.4. The molecule has 0 radical (unpaired) electrons. The zero-order valence-corrected chi connectivity index (χ0v) is 13.0. The second-order valence-corrected chi connectivity index (χ2v) is 5.16. The molecule has 2 aromatic rings. The first-order valence-electron chi connectivity index (χ1n) is 7.83. The highest BCUT2D eigenvalue weighted by atomic mass is 15.1. The fourth-order valence-corrected chi connectivity index (χ4v) is 2.33. The molecule has 112 valence electrons. The summed E-state index contributed by atoms with van der Waals surface area (Å²) in [6.07, 6.45) is 2.40. The number of anilines is 2. The molecule has 0 fully saturated rings. The summed E-state index contributed by atoms with van der Waals surface area (Å²) >= 11 is 0. The lowest BCUT2D eigenvalue weighted by Crippen LogP contribution is -2.24. The highest BCUT2D eigenvalue weighted by Gasteiger charge is 2.08. The van der Waals surface area contributed by atoms with Gasteiger partial charge in [0.15, 0.2) is 0 Å². The maximum atomic E-state index is 4.68. The van der Waals surface area contributed by atoms with Gasteiger partial charge < -0.3 is 10.2 Å². The summed E-state index contributed by atoms with van der Waals surface area (Å²) in [4.78, 5) is 7.09.